The number of hydrogen-bond acceptors (Lipinski definition) is 5. The van der Waals surface area contributed by atoms with E-state index in [0.717, 1.165) is 22.5 Å². The Morgan fingerprint density at radius 2 is 1.78 bits per heavy atom. The molecule has 0 radical (unpaired) electrons. The van der Waals surface area contributed by atoms with Crippen LogP contribution in [0, 0.1) is 0 Å². The van der Waals surface area contributed by atoms with E-state index in [0.29, 0.717) is 24.8 Å². The Hall–Kier alpha value is -3.15. The first-order valence-electron chi connectivity index (χ1n) is 7.45. The Balaban J connectivity index is 1.39. The zero-order chi connectivity index (χ0) is 15.5. The van der Waals surface area contributed by atoms with Crippen molar-refractivity contribution in [2.24, 2.45) is 0 Å². The lowest BCUT2D eigenvalue weighted by atomic mass is 10.2. The highest BCUT2D eigenvalue weighted by atomic mass is 16.4. The van der Waals surface area contributed by atoms with Crippen molar-refractivity contribution in [3.05, 3.63) is 60.4 Å². The molecule has 0 unspecified atom stereocenters. The Morgan fingerprint density at radius 3 is 2.65 bits per heavy atom. The van der Waals surface area contributed by atoms with Crippen molar-refractivity contribution in [1.29, 1.82) is 0 Å². The third-order valence-corrected chi connectivity index (χ3v) is 3.50. The van der Waals surface area contributed by atoms with Crippen LogP contribution in [0.15, 0.2) is 59.0 Å². The van der Waals surface area contributed by atoms with Gasteiger partial charge in [0.2, 0.25) is 0 Å². The van der Waals surface area contributed by atoms with E-state index in [1.807, 2.05) is 54.6 Å². The number of oxazole rings is 1. The SMILES string of the molecule is c1ccc(-c2n[nH]c(CCNc3nc4ccccc4o3)n2)cc1. The zero-order valence-electron chi connectivity index (χ0n) is 12.4. The molecule has 0 aliphatic carbocycles. The number of para-hydroxylation sites is 2. The predicted octanol–water partition coefficient (Wildman–Crippen LogP) is 3.27. The van der Waals surface area contributed by atoms with Crippen molar-refractivity contribution < 1.29 is 4.42 Å². The fourth-order valence-electron chi connectivity index (χ4n) is 2.36. The molecule has 6 heteroatoms. The average Bonchev–Trinajstić information content (AvgIpc) is 3.22. The molecule has 2 aromatic carbocycles. The fraction of sp³-hybridized carbons (Fsp3) is 0.118. The van der Waals surface area contributed by atoms with Crippen LogP contribution in [-0.2, 0) is 6.42 Å². The van der Waals surface area contributed by atoms with Crippen molar-refractivity contribution in [2.75, 3.05) is 11.9 Å². The number of nitrogens with zero attached hydrogens (tertiary/aromatic N) is 3. The molecule has 0 saturated carbocycles. The van der Waals surface area contributed by atoms with Gasteiger partial charge in [0.25, 0.3) is 6.01 Å². The molecule has 0 bridgehead atoms. The van der Waals surface area contributed by atoms with E-state index in [1.165, 1.54) is 0 Å². The van der Waals surface area contributed by atoms with Crippen LogP contribution < -0.4 is 5.32 Å². The lowest BCUT2D eigenvalue weighted by Gasteiger charge is -1.98. The van der Waals surface area contributed by atoms with Crippen LogP contribution in [0.1, 0.15) is 5.82 Å². The van der Waals surface area contributed by atoms with Gasteiger partial charge in [-0.1, -0.05) is 42.5 Å². The van der Waals surface area contributed by atoms with Crippen LogP contribution in [0.3, 0.4) is 0 Å². The first-order valence-corrected chi connectivity index (χ1v) is 7.45. The number of anilines is 1. The summed E-state index contributed by atoms with van der Waals surface area (Å²) in [6.07, 6.45) is 0.707. The van der Waals surface area contributed by atoms with E-state index in [9.17, 15) is 0 Å². The summed E-state index contributed by atoms with van der Waals surface area (Å²) >= 11 is 0. The second-order valence-corrected chi connectivity index (χ2v) is 5.14. The Morgan fingerprint density at radius 1 is 0.957 bits per heavy atom. The maximum Gasteiger partial charge on any atom is 0.295 e. The number of hydrogen-bond donors (Lipinski definition) is 2. The molecule has 2 N–H and O–H groups in total. The summed E-state index contributed by atoms with van der Waals surface area (Å²) in [5.41, 5.74) is 2.63. The van der Waals surface area contributed by atoms with Crippen molar-refractivity contribution in [2.45, 2.75) is 6.42 Å². The van der Waals surface area contributed by atoms with Gasteiger partial charge in [-0.3, -0.25) is 5.10 Å². The van der Waals surface area contributed by atoms with Crippen LogP contribution in [0.2, 0.25) is 0 Å². The maximum absolute atomic E-state index is 5.61. The molecule has 23 heavy (non-hydrogen) atoms. The Labute approximate surface area is 132 Å². The smallest absolute Gasteiger partial charge is 0.295 e. The lowest BCUT2D eigenvalue weighted by Crippen LogP contribution is -2.06. The average molecular weight is 305 g/mol. The summed E-state index contributed by atoms with van der Waals surface area (Å²) in [6.45, 7) is 0.663. The van der Waals surface area contributed by atoms with E-state index < -0.39 is 0 Å². The number of benzene rings is 2. The van der Waals surface area contributed by atoms with Gasteiger partial charge in [-0.15, -0.1) is 0 Å². The molecule has 0 atom stereocenters. The second kappa shape index (κ2) is 5.92. The summed E-state index contributed by atoms with van der Waals surface area (Å²) in [5.74, 6) is 1.54. The van der Waals surface area contributed by atoms with Gasteiger partial charge in [0.15, 0.2) is 11.4 Å². The van der Waals surface area contributed by atoms with Gasteiger partial charge in [-0.25, -0.2) is 4.98 Å². The molecule has 0 fully saturated rings. The summed E-state index contributed by atoms with van der Waals surface area (Å²) < 4.78 is 5.61. The molecule has 0 aliphatic rings. The number of aromatic amines is 1. The second-order valence-electron chi connectivity index (χ2n) is 5.14. The van der Waals surface area contributed by atoms with Gasteiger partial charge in [-0.2, -0.15) is 10.1 Å². The molecule has 6 nitrogen and oxygen atoms in total. The zero-order valence-corrected chi connectivity index (χ0v) is 12.4. The lowest BCUT2D eigenvalue weighted by molar-refractivity contribution is 0.614. The van der Waals surface area contributed by atoms with Gasteiger partial charge in [0, 0.05) is 18.5 Å². The first kappa shape index (κ1) is 13.5. The number of nitrogens with one attached hydrogen (secondary N) is 2. The molecule has 2 heterocycles. The topological polar surface area (TPSA) is 79.6 Å². The molecule has 0 aliphatic heterocycles. The highest BCUT2D eigenvalue weighted by Gasteiger charge is 2.07. The largest absolute Gasteiger partial charge is 0.424 e. The quantitative estimate of drug-likeness (QED) is 0.591. The Bertz CT molecular complexity index is 880. The summed E-state index contributed by atoms with van der Waals surface area (Å²) in [4.78, 5) is 8.87. The molecule has 4 rings (SSSR count). The summed E-state index contributed by atoms with van der Waals surface area (Å²) in [5, 5.41) is 10.4. The van der Waals surface area contributed by atoms with Gasteiger partial charge in [0.1, 0.15) is 11.3 Å². The monoisotopic (exact) mass is 305 g/mol. The maximum atomic E-state index is 5.61. The van der Waals surface area contributed by atoms with E-state index in [2.05, 4.69) is 25.5 Å². The van der Waals surface area contributed by atoms with Gasteiger partial charge >= 0.3 is 0 Å². The van der Waals surface area contributed by atoms with Crippen LogP contribution in [-0.4, -0.2) is 26.7 Å². The predicted molar refractivity (Wildman–Crippen MR) is 88.0 cm³/mol. The van der Waals surface area contributed by atoms with Crippen LogP contribution >= 0.6 is 0 Å². The molecule has 114 valence electrons. The van der Waals surface area contributed by atoms with Crippen molar-refractivity contribution in [3.63, 3.8) is 0 Å². The molecular weight excluding hydrogens is 290 g/mol. The molecule has 4 aromatic rings. The third kappa shape index (κ3) is 2.91. The van der Waals surface area contributed by atoms with E-state index in [-0.39, 0.29) is 0 Å². The number of fused-ring (bicyclic) bond motifs is 1. The summed E-state index contributed by atoms with van der Waals surface area (Å²) in [7, 11) is 0. The normalized spacial score (nSPS) is 11.0. The van der Waals surface area contributed by atoms with Crippen LogP contribution in [0.5, 0.6) is 0 Å². The van der Waals surface area contributed by atoms with Gasteiger partial charge in [-0.05, 0) is 12.1 Å². The third-order valence-electron chi connectivity index (χ3n) is 3.50. The number of rotatable bonds is 5. The van der Waals surface area contributed by atoms with Crippen LogP contribution in [0.4, 0.5) is 6.01 Å². The van der Waals surface area contributed by atoms with E-state index >= 15 is 0 Å². The molecule has 2 aromatic heterocycles. The fourth-order valence-corrected chi connectivity index (χ4v) is 2.36. The van der Waals surface area contributed by atoms with E-state index in [4.69, 9.17) is 4.42 Å². The number of aromatic nitrogens is 4. The van der Waals surface area contributed by atoms with Crippen molar-refractivity contribution in [1.82, 2.24) is 20.2 Å². The van der Waals surface area contributed by atoms with Gasteiger partial charge in [0.05, 0.1) is 0 Å². The van der Waals surface area contributed by atoms with E-state index in [1.54, 1.807) is 0 Å². The minimum atomic E-state index is 0.522. The van der Waals surface area contributed by atoms with Crippen LogP contribution in [0.25, 0.3) is 22.5 Å². The molecular formula is C17H15N5O. The highest BCUT2D eigenvalue weighted by molar-refractivity contribution is 5.74. The standard InChI is InChI=1S/C17H15N5O/c1-2-6-12(7-3-1)16-20-15(21-22-16)10-11-18-17-19-13-8-4-5-9-14(13)23-17/h1-9H,10-11H2,(H,18,19)(H,20,21,22). The van der Waals surface area contributed by atoms with Gasteiger partial charge < -0.3 is 9.73 Å². The molecule has 0 saturated heterocycles. The molecule has 0 spiro atoms. The minimum Gasteiger partial charge on any atom is -0.424 e. The van der Waals surface area contributed by atoms with Crippen molar-refractivity contribution in [3.8, 4) is 11.4 Å². The molecule has 0 amide bonds. The van der Waals surface area contributed by atoms with Crippen molar-refractivity contribution >= 4 is 17.1 Å². The highest BCUT2D eigenvalue weighted by Crippen LogP contribution is 2.18. The minimum absolute atomic E-state index is 0.522. The first-order chi connectivity index (χ1) is 11.4. The Kier molecular flexibility index (Phi) is 3.48. The summed E-state index contributed by atoms with van der Waals surface area (Å²) in [6, 6.07) is 18.1. The number of H-pyrrole nitrogens is 1.